The molecular weight excluding hydrogens is 330 g/mol. The van der Waals surface area contributed by atoms with Gasteiger partial charge in [-0.3, -0.25) is 4.79 Å². The highest BCUT2D eigenvalue weighted by Crippen LogP contribution is 2.23. The fraction of sp³-hybridized carbons (Fsp3) is 0.333. The largest absolute Gasteiger partial charge is 0.497 e. The molecule has 5 heteroatoms. The molecule has 0 fully saturated rings. The monoisotopic (exact) mass is 355 g/mol. The summed E-state index contributed by atoms with van der Waals surface area (Å²) in [4.78, 5) is 24.8. The van der Waals surface area contributed by atoms with Gasteiger partial charge in [-0.1, -0.05) is 38.1 Å². The number of hydrogen-bond donors (Lipinski definition) is 1. The molecule has 138 valence electrons. The first kappa shape index (κ1) is 19.5. The Labute approximate surface area is 154 Å². The maximum absolute atomic E-state index is 12.5. The molecule has 0 saturated carbocycles. The molecule has 0 aromatic heterocycles. The van der Waals surface area contributed by atoms with E-state index in [-0.39, 0.29) is 5.91 Å². The Bertz CT molecular complexity index is 763. The Morgan fingerprint density at radius 3 is 2.23 bits per heavy atom. The van der Waals surface area contributed by atoms with E-state index in [1.165, 1.54) is 7.11 Å². The highest BCUT2D eigenvalue weighted by atomic mass is 16.5. The highest BCUT2D eigenvalue weighted by molar-refractivity contribution is 5.98. The summed E-state index contributed by atoms with van der Waals surface area (Å²) in [6.45, 7) is 5.64. The molecule has 0 aliphatic heterocycles. The van der Waals surface area contributed by atoms with Crippen LogP contribution in [-0.2, 0) is 22.4 Å². The van der Waals surface area contributed by atoms with Gasteiger partial charge in [0.25, 0.3) is 5.91 Å². The van der Waals surface area contributed by atoms with Gasteiger partial charge in [0.15, 0.2) is 6.10 Å². The second-order valence-corrected chi connectivity index (χ2v) is 5.93. The summed E-state index contributed by atoms with van der Waals surface area (Å²) in [5, 5.41) is 2.92. The number of anilines is 1. The van der Waals surface area contributed by atoms with Crippen LogP contribution in [0, 0.1) is 0 Å². The van der Waals surface area contributed by atoms with E-state index in [4.69, 9.17) is 9.47 Å². The quantitative estimate of drug-likeness (QED) is 0.762. The lowest BCUT2D eigenvalue weighted by atomic mass is 10.0. The number of aryl methyl sites for hydroxylation is 2. The van der Waals surface area contributed by atoms with Crippen LogP contribution in [0.1, 0.15) is 42.3 Å². The number of para-hydroxylation sites is 1. The molecule has 0 heterocycles. The molecule has 1 N–H and O–H groups in total. The third-order valence-corrected chi connectivity index (χ3v) is 4.21. The normalized spacial score (nSPS) is 11.5. The van der Waals surface area contributed by atoms with Gasteiger partial charge in [0.2, 0.25) is 0 Å². The van der Waals surface area contributed by atoms with Crippen LogP contribution in [0.15, 0.2) is 42.5 Å². The fourth-order valence-electron chi connectivity index (χ4n) is 2.66. The van der Waals surface area contributed by atoms with Crippen LogP contribution >= 0.6 is 0 Å². The third-order valence-electron chi connectivity index (χ3n) is 4.21. The van der Waals surface area contributed by atoms with Crippen LogP contribution in [0.4, 0.5) is 5.69 Å². The van der Waals surface area contributed by atoms with Crippen molar-refractivity contribution >= 4 is 17.6 Å². The summed E-state index contributed by atoms with van der Waals surface area (Å²) >= 11 is 0. The molecule has 0 radical (unpaired) electrons. The van der Waals surface area contributed by atoms with Crippen molar-refractivity contribution in [2.45, 2.75) is 39.7 Å². The number of ether oxygens (including phenoxy) is 2. The lowest BCUT2D eigenvalue weighted by molar-refractivity contribution is -0.123. The standard InChI is InChI=1S/C21H25NO4/c1-5-15-9-7-10-16(6-2)19(15)22-20(23)14(3)26-21(24)17-11-8-12-18(13-17)25-4/h7-14H,5-6H2,1-4H3,(H,22,23)/t14-/m1/s1. The maximum Gasteiger partial charge on any atom is 0.339 e. The number of methoxy groups -OCH3 is 1. The summed E-state index contributed by atoms with van der Waals surface area (Å²) in [5.41, 5.74) is 3.27. The van der Waals surface area contributed by atoms with Crippen LogP contribution < -0.4 is 10.1 Å². The summed E-state index contributed by atoms with van der Waals surface area (Å²) in [7, 11) is 1.52. The van der Waals surface area contributed by atoms with Crippen LogP contribution in [0.3, 0.4) is 0 Å². The van der Waals surface area contributed by atoms with Crippen molar-refractivity contribution in [3.05, 3.63) is 59.2 Å². The molecular formula is C21H25NO4. The zero-order valence-electron chi connectivity index (χ0n) is 15.7. The van der Waals surface area contributed by atoms with E-state index in [1.54, 1.807) is 31.2 Å². The number of esters is 1. The first-order chi connectivity index (χ1) is 12.5. The number of rotatable bonds is 7. The molecule has 5 nitrogen and oxygen atoms in total. The minimum atomic E-state index is -0.914. The second-order valence-electron chi connectivity index (χ2n) is 5.93. The van der Waals surface area contributed by atoms with E-state index in [9.17, 15) is 9.59 Å². The van der Waals surface area contributed by atoms with Gasteiger partial charge in [0, 0.05) is 5.69 Å². The van der Waals surface area contributed by atoms with Crippen LogP contribution in [0.25, 0.3) is 0 Å². The van der Waals surface area contributed by atoms with Gasteiger partial charge in [0.05, 0.1) is 12.7 Å². The molecule has 26 heavy (non-hydrogen) atoms. The summed E-state index contributed by atoms with van der Waals surface area (Å²) in [5.74, 6) is -0.357. The zero-order chi connectivity index (χ0) is 19.1. The van der Waals surface area contributed by atoms with E-state index >= 15 is 0 Å². The van der Waals surface area contributed by atoms with E-state index in [1.807, 2.05) is 32.0 Å². The van der Waals surface area contributed by atoms with Gasteiger partial charge in [-0.15, -0.1) is 0 Å². The average Bonchev–Trinajstić information content (AvgIpc) is 2.67. The molecule has 0 spiro atoms. The van der Waals surface area contributed by atoms with E-state index in [2.05, 4.69) is 5.32 Å². The maximum atomic E-state index is 12.5. The second kappa shape index (κ2) is 9.04. The van der Waals surface area contributed by atoms with Crippen molar-refractivity contribution < 1.29 is 19.1 Å². The number of carbonyl (C=O) groups excluding carboxylic acids is 2. The summed E-state index contributed by atoms with van der Waals surface area (Å²) in [6, 6.07) is 12.6. The molecule has 1 amide bonds. The molecule has 2 aromatic rings. The number of amides is 1. The van der Waals surface area contributed by atoms with Gasteiger partial charge in [0.1, 0.15) is 5.75 Å². The van der Waals surface area contributed by atoms with Gasteiger partial charge >= 0.3 is 5.97 Å². The molecule has 1 atom stereocenters. The number of carbonyl (C=O) groups is 2. The Morgan fingerprint density at radius 2 is 1.65 bits per heavy atom. The van der Waals surface area contributed by atoms with Gasteiger partial charge in [-0.25, -0.2) is 4.79 Å². The average molecular weight is 355 g/mol. The Kier molecular flexibility index (Phi) is 6.78. The Hall–Kier alpha value is -2.82. The van der Waals surface area contributed by atoms with E-state index in [0.29, 0.717) is 11.3 Å². The van der Waals surface area contributed by atoms with Gasteiger partial charge in [-0.05, 0) is 49.1 Å². The topological polar surface area (TPSA) is 64.6 Å². The lowest BCUT2D eigenvalue weighted by Crippen LogP contribution is -2.30. The Morgan fingerprint density at radius 1 is 1.04 bits per heavy atom. The molecule has 0 aliphatic rings. The minimum Gasteiger partial charge on any atom is -0.497 e. The van der Waals surface area contributed by atoms with Crippen molar-refractivity contribution in [3.63, 3.8) is 0 Å². The molecule has 0 bridgehead atoms. The van der Waals surface area contributed by atoms with Crippen molar-refractivity contribution in [3.8, 4) is 5.75 Å². The SMILES string of the molecule is CCc1cccc(CC)c1NC(=O)[C@@H](C)OC(=O)c1cccc(OC)c1. The fourth-order valence-corrected chi connectivity index (χ4v) is 2.66. The molecule has 2 rings (SSSR count). The van der Waals surface area contributed by atoms with Crippen molar-refractivity contribution in [1.82, 2.24) is 0 Å². The lowest BCUT2D eigenvalue weighted by Gasteiger charge is -2.18. The Balaban J connectivity index is 2.09. The van der Waals surface area contributed by atoms with E-state index < -0.39 is 12.1 Å². The van der Waals surface area contributed by atoms with Gasteiger partial charge in [-0.2, -0.15) is 0 Å². The number of hydrogen-bond acceptors (Lipinski definition) is 4. The smallest absolute Gasteiger partial charge is 0.339 e. The molecule has 0 saturated heterocycles. The van der Waals surface area contributed by atoms with Crippen molar-refractivity contribution in [2.75, 3.05) is 12.4 Å². The van der Waals surface area contributed by atoms with Crippen LogP contribution in [-0.4, -0.2) is 25.1 Å². The number of benzene rings is 2. The molecule has 0 unspecified atom stereocenters. The van der Waals surface area contributed by atoms with Crippen molar-refractivity contribution in [2.24, 2.45) is 0 Å². The summed E-state index contributed by atoms with van der Waals surface area (Å²) < 4.78 is 10.4. The first-order valence-electron chi connectivity index (χ1n) is 8.76. The van der Waals surface area contributed by atoms with Crippen LogP contribution in [0.2, 0.25) is 0 Å². The minimum absolute atomic E-state index is 0.340. The predicted octanol–water partition coefficient (Wildman–Crippen LogP) is 4.00. The van der Waals surface area contributed by atoms with Crippen LogP contribution in [0.5, 0.6) is 5.75 Å². The zero-order valence-corrected chi connectivity index (χ0v) is 15.7. The van der Waals surface area contributed by atoms with Crippen molar-refractivity contribution in [1.29, 1.82) is 0 Å². The highest BCUT2D eigenvalue weighted by Gasteiger charge is 2.21. The molecule has 0 aliphatic carbocycles. The predicted molar refractivity (Wildman–Crippen MR) is 102 cm³/mol. The molecule has 2 aromatic carbocycles. The summed E-state index contributed by atoms with van der Waals surface area (Å²) in [6.07, 6.45) is 0.700. The van der Waals surface area contributed by atoms with E-state index in [0.717, 1.165) is 29.7 Å². The first-order valence-corrected chi connectivity index (χ1v) is 8.76. The third kappa shape index (κ3) is 4.63. The number of nitrogens with one attached hydrogen (secondary N) is 1. The van der Waals surface area contributed by atoms with Gasteiger partial charge < -0.3 is 14.8 Å².